The number of hydrogen-bond acceptors (Lipinski definition) is 4. The Balaban J connectivity index is 2.93. The predicted molar refractivity (Wildman–Crippen MR) is 71.2 cm³/mol. The summed E-state index contributed by atoms with van der Waals surface area (Å²) in [7, 11) is -7.54. The third-order valence-electron chi connectivity index (χ3n) is 2.00. The van der Waals surface area contributed by atoms with E-state index in [0.29, 0.717) is 6.07 Å². The first-order valence-corrected chi connectivity index (χ1v) is 9.33. The Morgan fingerprint density at radius 2 is 1.68 bits per heavy atom. The van der Waals surface area contributed by atoms with Gasteiger partial charge in [-0.3, -0.25) is 4.72 Å². The molecule has 5 nitrogen and oxygen atoms in total. The zero-order chi connectivity index (χ0) is 14.8. The molecule has 0 atom stereocenters. The van der Waals surface area contributed by atoms with Crippen molar-refractivity contribution in [3.8, 4) is 0 Å². The van der Waals surface area contributed by atoms with Crippen LogP contribution in [0.2, 0.25) is 0 Å². The summed E-state index contributed by atoms with van der Waals surface area (Å²) in [5, 5.41) is 0. The highest BCUT2D eigenvalue weighted by Gasteiger charge is 2.17. The molecule has 10 heteroatoms. The second-order valence-corrected chi connectivity index (χ2v) is 8.75. The van der Waals surface area contributed by atoms with Crippen LogP contribution >= 0.6 is 15.9 Å². The lowest BCUT2D eigenvalue weighted by Gasteiger charge is -2.09. The maximum absolute atomic E-state index is 13.4. The van der Waals surface area contributed by atoms with E-state index in [1.807, 2.05) is 0 Å². The minimum absolute atomic E-state index is 0.149. The van der Waals surface area contributed by atoms with Gasteiger partial charge >= 0.3 is 0 Å². The van der Waals surface area contributed by atoms with E-state index in [1.54, 1.807) is 4.72 Å². The molecule has 0 aromatic heterocycles. The molecule has 1 aromatic carbocycles. The molecule has 0 aliphatic carbocycles. The van der Waals surface area contributed by atoms with Crippen molar-refractivity contribution in [2.24, 2.45) is 0 Å². The fraction of sp³-hybridized carbons (Fsp3) is 0.333. The van der Waals surface area contributed by atoms with Crippen molar-refractivity contribution in [1.29, 1.82) is 0 Å². The third kappa shape index (κ3) is 5.41. The van der Waals surface area contributed by atoms with E-state index in [1.165, 1.54) is 0 Å². The van der Waals surface area contributed by atoms with Crippen LogP contribution in [0.15, 0.2) is 16.6 Å². The van der Waals surface area contributed by atoms with Gasteiger partial charge in [-0.05, 0) is 22.0 Å². The smallest absolute Gasteiger partial charge is 0.233 e. The van der Waals surface area contributed by atoms with Gasteiger partial charge in [0.1, 0.15) is 21.5 Å². The second kappa shape index (κ2) is 5.71. The molecule has 0 heterocycles. The Hall–Kier alpha value is -0.740. The van der Waals surface area contributed by atoms with Crippen LogP contribution in [0.4, 0.5) is 14.5 Å². The fourth-order valence-electron chi connectivity index (χ4n) is 1.08. The van der Waals surface area contributed by atoms with E-state index in [4.69, 9.17) is 0 Å². The summed E-state index contributed by atoms with van der Waals surface area (Å²) in [6.45, 7) is 0. The van der Waals surface area contributed by atoms with Crippen LogP contribution in [-0.4, -0.2) is 34.6 Å². The monoisotopic (exact) mass is 377 g/mol. The summed E-state index contributed by atoms with van der Waals surface area (Å²) < 4.78 is 73.0. The van der Waals surface area contributed by atoms with Gasteiger partial charge in [0.05, 0.1) is 21.7 Å². The number of sulfonamides is 1. The van der Waals surface area contributed by atoms with Gasteiger partial charge in [-0.25, -0.2) is 25.6 Å². The molecule has 0 bridgehead atoms. The van der Waals surface area contributed by atoms with Crippen molar-refractivity contribution in [3.05, 3.63) is 28.2 Å². The van der Waals surface area contributed by atoms with Gasteiger partial charge in [-0.2, -0.15) is 0 Å². The standard InChI is InChI=1S/C9H10BrF2NO4S2/c1-18(14,15)2-3-19(16,17)13-9-5-7(11)6(10)4-8(9)12/h4-5,13H,2-3H2,1H3. The lowest BCUT2D eigenvalue weighted by Crippen LogP contribution is -2.23. The van der Waals surface area contributed by atoms with Crippen LogP contribution in [0.25, 0.3) is 0 Å². The van der Waals surface area contributed by atoms with Crippen LogP contribution in [0.1, 0.15) is 0 Å². The van der Waals surface area contributed by atoms with Crippen LogP contribution < -0.4 is 4.72 Å². The van der Waals surface area contributed by atoms with Gasteiger partial charge in [0.15, 0.2) is 0 Å². The number of hydrogen-bond donors (Lipinski definition) is 1. The average Bonchev–Trinajstić information content (AvgIpc) is 2.22. The molecule has 108 valence electrons. The maximum Gasteiger partial charge on any atom is 0.233 e. The van der Waals surface area contributed by atoms with E-state index in [0.717, 1.165) is 12.3 Å². The SMILES string of the molecule is CS(=O)(=O)CCS(=O)(=O)Nc1cc(F)c(Br)cc1F. The molecule has 0 aliphatic heterocycles. The zero-order valence-corrected chi connectivity index (χ0v) is 12.9. The first-order chi connectivity index (χ1) is 8.50. The molecule has 0 fully saturated rings. The van der Waals surface area contributed by atoms with Crippen LogP contribution in [0.3, 0.4) is 0 Å². The van der Waals surface area contributed by atoms with Crippen molar-refractivity contribution in [2.45, 2.75) is 0 Å². The number of halogens is 3. The normalized spacial score (nSPS) is 12.4. The molecular formula is C9H10BrF2NO4S2. The van der Waals surface area contributed by atoms with Crippen molar-refractivity contribution >= 4 is 41.5 Å². The van der Waals surface area contributed by atoms with E-state index in [9.17, 15) is 25.6 Å². The molecule has 0 amide bonds. The first-order valence-electron chi connectivity index (χ1n) is 4.83. The molecule has 1 N–H and O–H groups in total. The zero-order valence-electron chi connectivity index (χ0n) is 9.65. The van der Waals surface area contributed by atoms with Gasteiger partial charge in [0.2, 0.25) is 10.0 Å². The summed E-state index contributed by atoms with van der Waals surface area (Å²) in [6.07, 6.45) is 0.877. The van der Waals surface area contributed by atoms with Gasteiger partial charge in [0, 0.05) is 12.3 Å². The van der Waals surface area contributed by atoms with Gasteiger partial charge in [-0.15, -0.1) is 0 Å². The van der Waals surface area contributed by atoms with Crippen molar-refractivity contribution in [1.82, 2.24) is 0 Å². The summed E-state index contributed by atoms with van der Waals surface area (Å²) in [4.78, 5) is 0. The summed E-state index contributed by atoms with van der Waals surface area (Å²) >= 11 is 2.75. The Morgan fingerprint density at radius 1 is 1.11 bits per heavy atom. The van der Waals surface area contributed by atoms with Gasteiger partial charge < -0.3 is 0 Å². The van der Waals surface area contributed by atoms with Gasteiger partial charge in [-0.1, -0.05) is 0 Å². The molecule has 19 heavy (non-hydrogen) atoms. The van der Waals surface area contributed by atoms with Crippen molar-refractivity contribution in [2.75, 3.05) is 22.5 Å². The van der Waals surface area contributed by atoms with Crippen LogP contribution in [0.5, 0.6) is 0 Å². The number of rotatable bonds is 5. The lowest BCUT2D eigenvalue weighted by molar-refractivity contribution is 0.589. The number of anilines is 1. The largest absolute Gasteiger partial charge is 0.280 e. The molecule has 0 saturated carbocycles. The minimum atomic E-state index is -4.07. The number of benzene rings is 1. The highest BCUT2D eigenvalue weighted by atomic mass is 79.9. The molecule has 0 unspecified atom stereocenters. The highest BCUT2D eigenvalue weighted by Crippen LogP contribution is 2.24. The van der Waals surface area contributed by atoms with E-state index in [2.05, 4.69) is 15.9 Å². The Morgan fingerprint density at radius 3 is 2.21 bits per heavy atom. The maximum atomic E-state index is 13.4. The first kappa shape index (κ1) is 16.3. The van der Waals surface area contributed by atoms with Crippen LogP contribution in [0, 0.1) is 11.6 Å². The van der Waals surface area contributed by atoms with E-state index in [-0.39, 0.29) is 4.47 Å². The molecule has 0 radical (unpaired) electrons. The molecule has 0 saturated heterocycles. The highest BCUT2D eigenvalue weighted by molar-refractivity contribution is 9.10. The third-order valence-corrected chi connectivity index (χ3v) is 5.08. The van der Waals surface area contributed by atoms with E-state index >= 15 is 0 Å². The molecule has 0 aliphatic rings. The quantitative estimate of drug-likeness (QED) is 0.788. The molecule has 1 rings (SSSR count). The summed E-state index contributed by atoms with van der Waals surface area (Å²) in [6, 6.07) is 1.43. The second-order valence-electron chi connectivity index (χ2n) is 3.80. The van der Waals surface area contributed by atoms with Crippen molar-refractivity contribution in [3.63, 3.8) is 0 Å². The lowest BCUT2D eigenvalue weighted by atomic mass is 10.3. The topological polar surface area (TPSA) is 80.3 Å². The Bertz CT molecular complexity index is 688. The molecular weight excluding hydrogens is 368 g/mol. The Labute approximate surface area is 118 Å². The summed E-state index contributed by atoms with van der Waals surface area (Å²) in [5.41, 5.74) is -0.575. The van der Waals surface area contributed by atoms with E-state index < -0.39 is 48.7 Å². The molecule has 0 spiro atoms. The van der Waals surface area contributed by atoms with Crippen LogP contribution in [-0.2, 0) is 19.9 Å². The molecule has 1 aromatic rings. The predicted octanol–water partition coefficient (Wildman–Crippen LogP) is 1.51. The number of sulfone groups is 1. The van der Waals surface area contributed by atoms with Gasteiger partial charge in [0.25, 0.3) is 0 Å². The Kier molecular flexibility index (Phi) is 4.91. The van der Waals surface area contributed by atoms with Crippen molar-refractivity contribution < 1.29 is 25.6 Å². The fourth-order valence-corrected chi connectivity index (χ4v) is 4.08. The average molecular weight is 378 g/mol. The number of nitrogens with one attached hydrogen (secondary N) is 1. The summed E-state index contributed by atoms with van der Waals surface area (Å²) in [5.74, 6) is -3.16. The minimum Gasteiger partial charge on any atom is -0.280 e.